The number of anilines is 1. The SMILES string of the molecule is CCn1cc(Br)c(C(=O)Nc2ncccc2C)n1. The minimum absolute atomic E-state index is 0.268. The van der Waals surface area contributed by atoms with Gasteiger partial charge in [-0.25, -0.2) is 4.98 Å². The zero-order chi connectivity index (χ0) is 13.1. The van der Waals surface area contributed by atoms with Crippen LogP contribution in [-0.4, -0.2) is 20.7 Å². The van der Waals surface area contributed by atoms with Crippen molar-refractivity contribution in [1.82, 2.24) is 14.8 Å². The number of nitrogens with one attached hydrogen (secondary N) is 1. The number of carbonyl (C=O) groups excluding carboxylic acids is 1. The largest absolute Gasteiger partial charge is 0.305 e. The normalized spacial score (nSPS) is 10.4. The van der Waals surface area contributed by atoms with Crippen LogP contribution < -0.4 is 5.32 Å². The Kier molecular flexibility index (Phi) is 3.76. The van der Waals surface area contributed by atoms with Gasteiger partial charge in [-0.2, -0.15) is 5.10 Å². The summed E-state index contributed by atoms with van der Waals surface area (Å²) >= 11 is 3.33. The number of hydrogen-bond donors (Lipinski definition) is 1. The number of aromatic nitrogens is 3. The Morgan fingerprint density at radius 2 is 2.33 bits per heavy atom. The lowest BCUT2D eigenvalue weighted by Gasteiger charge is -2.05. The van der Waals surface area contributed by atoms with Gasteiger partial charge in [0.25, 0.3) is 5.91 Å². The summed E-state index contributed by atoms with van der Waals surface area (Å²) in [5.41, 5.74) is 1.28. The number of aryl methyl sites for hydroxylation is 2. The van der Waals surface area contributed by atoms with Gasteiger partial charge in [-0.3, -0.25) is 9.48 Å². The summed E-state index contributed by atoms with van der Waals surface area (Å²) in [6.45, 7) is 4.57. The van der Waals surface area contributed by atoms with Crippen molar-refractivity contribution in [3.8, 4) is 0 Å². The summed E-state index contributed by atoms with van der Waals surface area (Å²) in [6.07, 6.45) is 3.42. The molecular formula is C12H13BrN4O. The van der Waals surface area contributed by atoms with Crippen LogP contribution in [0.4, 0.5) is 5.82 Å². The molecule has 0 spiro atoms. The molecule has 0 unspecified atom stereocenters. The lowest BCUT2D eigenvalue weighted by Crippen LogP contribution is -2.15. The Morgan fingerprint density at radius 3 is 2.94 bits per heavy atom. The third-order valence-corrected chi connectivity index (χ3v) is 3.08. The van der Waals surface area contributed by atoms with Crippen molar-refractivity contribution in [3.05, 3.63) is 40.3 Å². The van der Waals surface area contributed by atoms with Crippen LogP contribution in [0.5, 0.6) is 0 Å². The van der Waals surface area contributed by atoms with Crippen molar-refractivity contribution in [2.75, 3.05) is 5.32 Å². The Hall–Kier alpha value is -1.69. The maximum Gasteiger partial charge on any atom is 0.278 e. The van der Waals surface area contributed by atoms with Crippen molar-refractivity contribution < 1.29 is 4.79 Å². The summed E-state index contributed by atoms with van der Waals surface area (Å²) in [4.78, 5) is 16.2. The maximum absolute atomic E-state index is 12.1. The van der Waals surface area contributed by atoms with Crippen molar-refractivity contribution in [3.63, 3.8) is 0 Å². The zero-order valence-electron chi connectivity index (χ0n) is 10.1. The minimum Gasteiger partial charge on any atom is -0.305 e. The first-order chi connectivity index (χ1) is 8.61. The molecule has 2 aromatic heterocycles. The molecule has 0 saturated carbocycles. The highest BCUT2D eigenvalue weighted by molar-refractivity contribution is 9.10. The monoisotopic (exact) mass is 308 g/mol. The zero-order valence-corrected chi connectivity index (χ0v) is 11.7. The number of hydrogen-bond acceptors (Lipinski definition) is 3. The fourth-order valence-corrected chi connectivity index (χ4v) is 1.99. The average molecular weight is 309 g/mol. The second kappa shape index (κ2) is 5.30. The molecule has 0 aliphatic heterocycles. The second-order valence-corrected chi connectivity index (χ2v) is 4.66. The van der Waals surface area contributed by atoms with Crippen molar-refractivity contribution in [2.45, 2.75) is 20.4 Å². The number of rotatable bonds is 3. The molecule has 0 saturated heterocycles. The standard InChI is InChI=1S/C12H13BrN4O/c1-3-17-7-9(13)10(16-17)12(18)15-11-8(2)5-4-6-14-11/h4-7H,3H2,1-2H3,(H,14,15,18). The number of nitrogens with zero attached hydrogens (tertiary/aromatic N) is 3. The molecule has 94 valence electrons. The van der Waals surface area contributed by atoms with Crippen LogP contribution in [0.15, 0.2) is 29.0 Å². The first-order valence-corrected chi connectivity index (χ1v) is 6.37. The molecule has 0 aliphatic carbocycles. The number of amides is 1. The van der Waals surface area contributed by atoms with Crippen molar-refractivity contribution in [2.24, 2.45) is 0 Å². The summed E-state index contributed by atoms with van der Waals surface area (Å²) in [5.74, 6) is 0.288. The van der Waals surface area contributed by atoms with Crippen LogP contribution in [0, 0.1) is 6.92 Å². The molecular weight excluding hydrogens is 296 g/mol. The predicted molar refractivity (Wildman–Crippen MR) is 72.5 cm³/mol. The number of carbonyl (C=O) groups is 1. The highest BCUT2D eigenvalue weighted by Crippen LogP contribution is 2.17. The lowest BCUT2D eigenvalue weighted by atomic mass is 10.3. The van der Waals surface area contributed by atoms with Gasteiger partial charge in [-0.05, 0) is 41.4 Å². The van der Waals surface area contributed by atoms with Crippen LogP contribution in [0.1, 0.15) is 23.0 Å². The fraction of sp³-hybridized carbons (Fsp3) is 0.250. The van der Waals surface area contributed by atoms with Gasteiger partial charge in [0.1, 0.15) is 5.82 Å². The average Bonchev–Trinajstić information content (AvgIpc) is 2.73. The smallest absolute Gasteiger partial charge is 0.278 e. The number of pyridine rings is 1. The first-order valence-electron chi connectivity index (χ1n) is 5.57. The lowest BCUT2D eigenvalue weighted by molar-refractivity contribution is 0.102. The highest BCUT2D eigenvalue weighted by Gasteiger charge is 2.16. The van der Waals surface area contributed by atoms with E-state index in [4.69, 9.17) is 0 Å². The predicted octanol–water partition coefficient (Wildman–Crippen LogP) is 2.62. The van der Waals surface area contributed by atoms with E-state index in [1.807, 2.05) is 26.0 Å². The van der Waals surface area contributed by atoms with E-state index in [2.05, 4.69) is 31.3 Å². The van der Waals surface area contributed by atoms with Crippen LogP contribution in [-0.2, 0) is 6.54 Å². The molecule has 1 amide bonds. The Bertz CT molecular complexity index is 579. The van der Waals surface area contributed by atoms with E-state index in [9.17, 15) is 4.79 Å². The third kappa shape index (κ3) is 2.59. The van der Waals surface area contributed by atoms with Crippen LogP contribution in [0.25, 0.3) is 0 Å². The van der Waals surface area contributed by atoms with Gasteiger partial charge in [0.2, 0.25) is 0 Å². The van der Waals surface area contributed by atoms with E-state index < -0.39 is 0 Å². The Balaban J connectivity index is 2.22. The summed E-state index contributed by atoms with van der Waals surface area (Å²) in [6, 6.07) is 3.72. The summed E-state index contributed by atoms with van der Waals surface area (Å²) < 4.78 is 2.38. The number of halogens is 1. The van der Waals surface area contributed by atoms with Gasteiger partial charge in [-0.15, -0.1) is 0 Å². The third-order valence-electron chi connectivity index (χ3n) is 2.50. The molecule has 0 aromatic carbocycles. The molecule has 0 atom stereocenters. The molecule has 0 fully saturated rings. The topological polar surface area (TPSA) is 59.8 Å². The molecule has 18 heavy (non-hydrogen) atoms. The summed E-state index contributed by atoms with van der Waals surface area (Å²) in [7, 11) is 0. The minimum atomic E-state index is -0.268. The van der Waals surface area contributed by atoms with Gasteiger partial charge in [-0.1, -0.05) is 6.07 Å². The van der Waals surface area contributed by atoms with Crippen LogP contribution >= 0.6 is 15.9 Å². The maximum atomic E-state index is 12.1. The van der Waals surface area contributed by atoms with Gasteiger partial charge in [0, 0.05) is 18.9 Å². The molecule has 6 heteroatoms. The highest BCUT2D eigenvalue weighted by atomic mass is 79.9. The van der Waals surface area contributed by atoms with Gasteiger partial charge in [0.05, 0.1) is 4.47 Å². The van der Waals surface area contributed by atoms with Crippen LogP contribution in [0.3, 0.4) is 0 Å². The van der Waals surface area contributed by atoms with Gasteiger partial charge < -0.3 is 5.32 Å². The summed E-state index contributed by atoms with van der Waals surface area (Å²) in [5, 5.41) is 6.93. The first kappa shape index (κ1) is 12.8. The van der Waals surface area contributed by atoms with Crippen LogP contribution in [0.2, 0.25) is 0 Å². The molecule has 1 N–H and O–H groups in total. The van der Waals surface area contributed by atoms with Gasteiger partial charge in [0.15, 0.2) is 5.69 Å². The quantitative estimate of drug-likeness (QED) is 0.948. The molecule has 5 nitrogen and oxygen atoms in total. The second-order valence-electron chi connectivity index (χ2n) is 3.80. The Labute approximate surface area is 113 Å². The fourth-order valence-electron chi connectivity index (χ4n) is 1.50. The Morgan fingerprint density at radius 1 is 1.56 bits per heavy atom. The molecule has 0 radical (unpaired) electrons. The van der Waals surface area contributed by atoms with E-state index in [-0.39, 0.29) is 5.91 Å². The molecule has 0 aliphatic rings. The van der Waals surface area contributed by atoms with E-state index in [1.54, 1.807) is 17.1 Å². The van der Waals surface area contributed by atoms with E-state index in [1.165, 1.54) is 0 Å². The molecule has 2 aromatic rings. The molecule has 2 rings (SSSR count). The van der Waals surface area contributed by atoms with E-state index in [0.29, 0.717) is 22.5 Å². The van der Waals surface area contributed by atoms with E-state index in [0.717, 1.165) is 5.56 Å². The van der Waals surface area contributed by atoms with Crippen molar-refractivity contribution >= 4 is 27.7 Å². The molecule has 2 heterocycles. The molecule has 0 bridgehead atoms. The van der Waals surface area contributed by atoms with E-state index >= 15 is 0 Å². The van der Waals surface area contributed by atoms with Crippen molar-refractivity contribution in [1.29, 1.82) is 0 Å². The van der Waals surface area contributed by atoms with Gasteiger partial charge >= 0.3 is 0 Å².